The van der Waals surface area contributed by atoms with Crippen molar-refractivity contribution in [2.75, 3.05) is 0 Å². The molecule has 2 fully saturated rings. The van der Waals surface area contributed by atoms with Crippen molar-refractivity contribution in [3.8, 4) is 0 Å². The Morgan fingerprint density at radius 2 is 1.43 bits per heavy atom. The lowest BCUT2D eigenvalue weighted by molar-refractivity contribution is -0.211. The van der Waals surface area contributed by atoms with Gasteiger partial charge in [0, 0.05) is 12.3 Å². The molecule has 0 saturated heterocycles. The Kier molecular flexibility index (Phi) is 2.27. The zero-order valence-electron chi connectivity index (χ0n) is 7.91. The summed E-state index contributed by atoms with van der Waals surface area (Å²) in [6.07, 6.45) is 2.60. The first-order valence-electron chi connectivity index (χ1n) is 5.21. The summed E-state index contributed by atoms with van der Waals surface area (Å²) in [6, 6.07) is 0. The van der Waals surface area contributed by atoms with E-state index in [1.165, 1.54) is 0 Å². The Bertz CT molecular complexity index is 218. The average Bonchev–Trinajstić information content (AvgIpc) is 2.61. The highest BCUT2D eigenvalue weighted by Gasteiger charge is 2.66. The van der Waals surface area contributed by atoms with Crippen LogP contribution in [0.1, 0.15) is 38.5 Å². The van der Waals surface area contributed by atoms with Gasteiger partial charge in [-0.15, -0.1) is 0 Å². The second-order valence-corrected chi connectivity index (χ2v) is 4.52. The van der Waals surface area contributed by atoms with Gasteiger partial charge in [-0.1, -0.05) is 12.8 Å². The molecule has 2 aliphatic carbocycles. The largest absolute Gasteiger partial charge is 0.313 e. The predicted octanol–water partition coefficient (Wildman–Crippen LogP) is 3.86. The summed E-state index contributed by atoms with van der Waals surface area (Å²) < 4.78 is 52.3. The minimum absolute atomic E-state index is 0.00926. The molecular weight excluding hydrogens is 196 g/mol. The molecule has 0 aliphatic heterocycles. The van der Waals surface area contributed by atoms with Gasteiger partial charge in [0.2, 0.25) is 0 Å². The van der Waals surface area contributed by atoms with Gasteiger partial charge in [0.1, 0.15) is 0 Å². The first-order valence-corrected chi connectivity index (χ1v) is 5.21. The number of alkyl halides is 4. The van der Waals surface area contributed by atoms with Gasteiger partial charge in [0.05, 0.1) is 0 Å². The normalized spacial score (nSPS) is 36.4. The van der Waals surface area contributed by atoms with E-state index in [1.54, 1.807) is 0 Å². The fourth-order valence-electron chi connectivity index (χ4n) is 2.85. The molecular formula is C10H14F4. The summed E-state index contributed by atoms with van der Waals surface area (Å²) in [5.41, 5.74) is 0. The minimum atomic E-state index is -3.76. The summed E-state index contributed by atoms with van der Waals surface area (Å²) in [5, 5.41) is 0. The Morgan fingerprint density at radius 3 is 1.86 bits per heavy atom. The average molecular weight is 210 g/mol. The zero-order chi connectivity index (χ0) is 10.4. The second-order valence-electron chi connectivity index (χ2n) is 4.52. The van der Waals surface area contributed by atoms with Gasteiger partial charge in [-0.2, -0.15) is 17.6 Å². The maximum Gasteiger partial charge on any atom is 0.313 e. The molecule has 0 radical (unpaired) electrons. The van der Waals surface area contributed by atoms with Gasteiger partial charge in [0.25, 0.3) is 0 Å². The molecule has 2 rings (SSSR count). The van der Waals surface area contributed by atoms with Crippen molar-refractivity contribution in [3.63, 3.8) is 0 Å². The van der Waals surface area contributed by atoms with Crippen LogP contribution in [0.2, 0.25) is 0 Å². The van der Waals surface area contributed by atoms with Crippen molar-refractivity contribution in [1.82, 2.24) is 0 Å². The van der Waals surface area contributed by atoms with Crippen molar-refractivity contribution < 1.29 is 17.6 Å². The van der Waals surface area contributed by atoms with Crippen LogP contribution in [0.4, 0.5) is 17.6 Å². The molecule has 0 aromatic carbocycles. The van der Waals surface area contributed by atoms with E-state index < -0.39 is 24.2 Å². The zero-order valence-corrected chi connectivity index (χ0v) is 7.91. The summed E-state index contributed by atoms with van der Waals surface area (Å²) >= 11 is 0. The van der Waals surface area contributed by atoms with Crippen molar-refractivity contribution in [2.45, 2.75) is 50.4 Å². The summed E-state index contributed by atoms with van der Waals surface area (Å²) in [6.45, 7) is 0. The smallest absolute Gasteiger partial charge is 0.200 e. The molecule has 82 valence electrons. The molecule has 4 heteroatoms. The lowest BCUT2D eigenvalue weighted by atomic mass is 9.87. The molecule has 0 amide bonds. The van der Waals surface area contributed by atoms with Crippen molar-refractivity contribution in [1.29, 1.82) is 0 Å². The Hall–Kier alpha value is -0.280. The van der Waals surface area contributed by atoms with Crippen LogP contribution in [0.25, 0.3) is 0 Å². The molecule has 0 heterocycles. The standard InChI is InChI=1S/C10H14F4/c11-9(12)6-5-8(10(9,13)14)7-3-1-2-4-7/h7-8H,1-6H2. The van der Waals surface area contributed by atoms with Crippen molar-refractivity contribution >= 4 is 0 Å². The monoisotopic (exact) mass is 210 g/mol. The predicted molar refractivity (Wildman–Crippen MR) is 44.6 cm³/mol. The highest BCUT2D eigenvalue weighted by Crippen LogP contribution is 2.56. The van der Waals surface area contributed by atoms with Crippen LogP contribution in [0.15, 0.2) is 0 Å². The maximum atomic E-state index is 13.3. The van der Waals surface area contributed by atoms with Gasteiger partial charge in [-0.25, -0.2) is 0 Å². The van der Waals surface area contributed by atoms with E-state index in [4.69, 9.17) is 0 Å². The van der Waals surface area contributed by atoms with Crippen LogP contribution in [-0.4, -0.2) is 11.8 Å². The fourth-order valence-corrected chi connectivity index (χ4v) is 2.85. The molecule has 2 aliphatic rings. The quantitative estimate of drug-likeness (QED) is 0.576. The molecule has 0 spiro atoms. The Labute approximate surface area is 80.7 Å². The van der Waals surface area contributed by atoms with Crippen LogP contribution in [0.3, 0.4) is 0 Å². The molecule has 1 unspecified atom stereocenters. The Balaban J connectivity index is 2.14. The topological polar surface area (TPSA) is 0 Å². The first kappa shape index (κ1) is 10.2. The number of halogens is 4. The molecule has 2 saturated carbocycles. The number of rotatable bonds is 1. The van der Waals surface area contributed by atoms with Crippen molar-refractivity contribution in [2.24, 2.45) is 11.8 Å². The van der Waals surface area contributed by atoms with Crippen LogP contribution in [0.5, 0.6) is 0 Å². The molecule has 14 heavy (non-hydrogen) atoms. The molecule has 0 nitrogen and oxygen atoms in total. The van der Waals surface area contributed by atoms with E-state index >= 15 is 0 Å². The molecule has 0 bridgehead atoms. The third kappa shape index (κ3) is 1.34. The van der Waals surface area contributed by atoms with Crippen LogP contribution in [-0.2, 0) is 0 Å². The molecule has 1 atom stereocenters. The van der Waals surface area contributed by atoms with Crippen LogP contribution in [0, 0.1) is 11.8 Å². The lowest BCUT2D eigenvalue weighted by Crippen LogP contribution is -2.41. The maximum absolute atomic E-state index is 13.3. The highest BCUT2D eigenvalue weighted by atomic mass is 19.3. The third-order valence-electron chi connectivity index (χ3n) is 3.69. The third-order valence-corrected chi connectivity index (χ3v) is 3.69. The summed E-state index contributed by atoms with van der Waals surface area (Å²) in [7, 11) is 0. The second kappa shape index (κ2) is 3.11. The van der Waals surface area contributed by atoms with E-state index in [0.29, 0.717) is 12.8 Å². The van der Waals surface area contributed by atoms with Gasteiger partial charge >= 0.3 is 11.8 Å². The van der Waals surface area contributed by atoms with E-state index in [0.717, 1.165) is 12.8 Å². The van der Waals surface area contributed by atoms with Gasteiger partial charge in [0.15, 0.2) is 0 Å². The van der Waals surface area contributed by atoms with Crippen LogP contribution < -0.4 is 0 Å². The van der Waals surface area contributed by atoms with Gasteiger partial charge in [-0.05, 0) is 25.2 Å². The van der Waals surface area contributed by atoms with Crippen molar-refractivity contribution in [3.05, 3.63) is 0 Å². The minimum Gasteiger partial charge on any atom is -0.200 e. The fraction of sp³-hybridized carbons (Fsp3) is 1.00. The first-order chi connectivity index (χ1) is 6.45. The number of hydrogen-bond acceptors (Lipinski definition) is 0. The Morgan fingerprint density at radius 1 is 0.857 bits per heavy atom. The van der Waals surface area contributed by atoms with E-state index in [-0.39, 0.29) is 12.3 Å². The van der Waals surface area contributed by atoms with E-state index in [9.17, 15) is 17.6 Å². The summed E-state index contributed by atoms with van der Waals surface area (Å²) in [5.74, 6) is -8.76. The highest BCUT2D eigenvalue weighted by molar-refractivity contribution is 5.00. The van der Waals surface area contributed by atoms with Gasteiger partial charge in [-0.3, -0.25) is 0 Å². The molecule has 0 N–H and O–H groups in total. The number of hydrogen-bond donors (Lipinski definition) is 0. The SMILES string of the molecule is FC1(F)CCC(C2CCCC2)C1(F)F. The van der Waals surface area contributed by atoms with E-state index in [1.807, 2.05) is 0 Å². The molecule has 0 aromatic heterocycles. The van der Waals surface area contributed by atoms with Crippen LogP contribution >= 0.6 is 0 Å². The summed E-state index contributed by atoms with van der Waals surface area (Å²) in [4.78, 5) is 0. The van der Waals surface area contributed by atoms with Gasteiger partial charge < -0.3 is 0 Å². The lowest BCUT2D eigenvalue weighted by Gasteiger charge is -2.27. The molecule has 0 aromatic rings. The van der Waals surface area contributed by atoms with E-state index in [2.05, 4.69) is 0 Å².